The van der Waals surface area contributed by atoms with Crippen molar-refractivity contribution in [3.05, 3.63) is 24.3 Å². The van der Waals surface area contributed by atoms with Crippen molar-refractivity contribution in [3.63, 3.8) is 0 Å². The number of unbranched alkanes of at least 4 members (excludes halogenated alkanes) is 64. The summed E-state index contributed by atoms with van der Waals surface area (Å²) in [6.07, 6.45) is 100. The minimum atomic E-state index is -0.840. The molecule has 0 radical (unpaired) electrons. The highest BCUT2D eigenvalue weighted by Gasteiger charge is 2.18. The van der Waals surface area contributed by atoms with Crippen LogP contribution < -0.4 is 5.32 Å². The molecular formula is C82H159NO5. The number of esters is 1. The summed E-state index contributed by atoms with van der Waals surface area (Å²) in [7, 11) is 0. The fourth-order valence-corrected chi connectivity index (χ4v) is 13.0. The molecular weight excluding hydrogens is 1080 g/mol. The zero-order chi connectivity index (χ0) is 63.5. The van der Waals surface area contributed by atoms with Gasteiger partial charge in [-0.15, -0.1) is 0 Å². The first-order valence-corrected chi connectivity index (χ1v) is 40.6. The van der Waals surface area contributed by atoms with Crippen molar-refractivity contribution in [2.45, 2.75) is 475 Å². The number of carbonyl (C=O) groups excluding carboxylic acids is 2. The zero-order valence-electron chi connectivity index (χ0n) is 60.0. The molecule has 3 N–H and O–H groups in total. The molecule has 88 heavy (non-hydrogen) atoms. The average molecular weight is 1240 g/mol. The Balaban J connectivity index is 3.31. The molecule has 0 aliphatic heterocycles. The highest BCUT2D eigenvalue weighted by Crippen LogP contribution is 2.20. The number of rotatable bonds is 77. The topological polar surface area (TPSA) is 95.9 Å². The summed E-state index contributed by atoms with van der Waals surface area (Å²) in [5, 5.41) is 23.3. The van der Waals surface area contributed by atoms with E-state index in [4.69, 9.17) is 4.74 Å². The van der Waals surface area contributed by atoms with Gasteiger partial charge in [0.05, 0.1) is 25.4 Å². The Bertz CT molecular complexity index is 1380. The van der Waals surface area contributed by atoms with Crippen LogP contribution in [0.1, 0.15) is 463 Å². The van der Waals surface area contributed by atoms with Crippen molar-refractivity contribution in [1.29, 1.82) is 0 Å². The second-order valence-electron chi connectivity index (χ2n) is 28.1. The Morgan fingerprint density at radius 2 is 0.534 bits per heavy atom. The molecule has 0 aromatic carbocycles. The van der Waals surface area contributed by atoms with Gasteiger partial charge in [0.25, 0.3) is 0 Å². The van der Waals surface area contributed by atoms with Crippen molar-refractivity contribution in [1.82, 2.24) is 5.32 Å². The van der Waals surface area contributed by atoms with E-state index in [2.05, 4.69) is 31.3 Å². The van der Waals surface area contributed by atoms with Crippen LogP contribution in [0.3, 0.4) is 0 Å². The Kier molecular flexibility index (Phi) is 76.3. The molecule has 0 aliphatic carbocycles. The fourth-order valence-electron chi connectivity index (χ4n) is 13.0. The third-order valence-corrected chi connectivity index (χ3v) is 19.2. The number of hydrogen-bond acceptors (Lipinski definition) is 5. The maximum absolute atomic E-state index is 12.5. The number of aliphatic hydroxyl groups is 2. The standard InChI is InChI=1S/C82H159NO5/c1-3-5-7-9-11-13-15-17-18-19-41-44-47-51-54-58-62-66-70-74-80(85)79(78-84)83-81(86)75-71-67-63-59-55-52-48-45-42-39-37-35-33-31-29-27-25-23-21-20-22-24-26-28-30-32-34-36-38-40-43-46-49-53-57-61-65-69-73-77-88-82(87)76-72-68-64-60-56-50-16-14-12-10-8-6-4-2/h14,16,70,74,79-80,84-85H,3-13,15,17-69,71-73,75-78H2,1-2H3,(H,83,86)/b16-14-,74-70+. The molecule has 522 valence electrons. The van der Waals surface area contributed by atoms with Gasteiger partial charge in [-0.05, 0) is 57.8 Å². The molecule has 0 bridgehead atoms. The van der Waals surface area contributed by atoms with E-state index < -0.39 is 12.1 Å². The van der Waals surface area contributed by atoms with Crippen LogP contribution in [0.4, 0.5) is 0 Å². The lowest BCUT2D eigenvalue weighted by atomic mass is 10.0. The SMILES string of the molecule is CCCCCC/C=C\CCCCCCCC(=O)OCCCCCCCCCCCCCCCCCCCCCCCCCCCCCCCCCCCCCCCCCC(=O)NC(CO)C(O)/C=C/CCCCCCCCCCCCCCCCCCC. The maximum Gasteiger partial charge on any atom is 0.305 e. The van der Waals surface area contributed by atoms with Crippen molar-refractivity contribution in [3.8, 4) is 0 Å². The molecule has 0 aromatic rings. The van der Waals surface area contributed by atoms with Gasteiger partial charge in [0, 0.05) is 12.8 Å². The van der Waals surface area contributed by atoms with Gasteiger partial charge in [-0.25, -0.2) is 0 Å². The average Bonchev–Trinajstić information content (AvgIpc) is 3.59. The molecule has 0 spiro atoms. The van der Waals surface area contributed by atoms with Gasteiger partial charge < -0.3 is 20.3 Å². The van der Waals surface area contributed by atoms with Crippen molar-refractivity contribution in [2.24, 2.45) is 0 Å². The van der Waals surface area contributed by atoms with Crippen molar-refractivity contribution < 1.29 is 24.5 Å². The highest BCUT2D eigenvalue weighted by molar-refractivity contribution is 5.76. The number of allylic oxidation sites excluding steroid dienone is 3. The molecule has 6 heteroatoms. The van der Waals surface area contributed by atoms with E-state index in [0.29, 0.717) is 19.4 Å². The van der Waals surface area contributed by atoms with Crippen LogP contribution in [-0.4, -0.2) is 47.4 Å². The van der Waals surface area contributed by atoms with Gasteiger partial charge in [0.2, 0.25) is 5.91 Å². The first-order chi connectivity index (χ1) is 43.5. The van der Waals surface area contributed by atoms with E-state index in [1.54, 1.807) is 6.08 Å². The summed E-state index contributed by atoms with van der Waals surface area (Å²) in [4.78, 5) is 24.6. The lowest BCUT2D eigenvalue weighted by Gasteiger charge is -2.20. The molecule has 6 nitrogen and oxygen atoms in total. The quantitative estimate of drug-likeness (QED) is 0.0320. The van der Waals surface area contributed by atoms with E-state index in [1.807, 2.05) is 6.08 Å². The Morgan fingerprint density at radius 3 is 0.818 bits per heavy atom. The van der Waals surface area contributed by atoms with Crippen molar-refractivity contribution >= 4 is 11.9 Å². The van der Waals surface area contributed by atoms with Crippen LogP contribution in [0.25, 0.3) is 0 Å². The molecule has 0 saturated carbocycles. The fraction of sp³-hybridized carbons (Fsp3) is 0.927. The Hall–Kier alpha value is -1.66. The normalized spacial score (nSPS) is 12.5. The number of amides is 1. The minimum Gasteiger partial charge on any atom is -0.466 e. The molecule has 0 aliphatic rings. The summed E-state index contributed by atoms with van der Waals surface area (Å²) in [5.74, 6) is -0.0420. The van der Waals surface area contributed by atoms with Crippen LogP contribution in [0.15, 0.2) is 24.3 Å². The van der Waals surface area contributed by atoms with Gasteiger partial charge in [-0.1, -0.05) is 417 Å². The molecule has 0 fully saturated rings. The van der Waals surface area contributed by atoms with Gasteiger partial charge >= 0.3 is 5.97 Å². The Labute approximate surface area is 551 Å². The van der Waals surface area contributed by atoms with Crippen LogP contribution in [0.2, 0.25) is 0 Å². The van der Waals surface area contributed by atoms with Gasteiger partial charge in [-0.3, -0.25) is 9.59 Å². The van der Waals surface area contributed by atoms with E-state index in [9.17, 15) is 19.8 Å². The second kappa shape index (κ2) is 77.8. The van der Waals surface area contributed by atoms with Crippen LogP contribution >= 0.6 is 0 Å². The molecule has 0 aromatic heterocycles. The van der Waals surface area contributed by atoms with Crippen LogP contribution in [0, 0.1) is 0 Å². The first kappa shape index (κ1) is 86.3. The Morgan fingerprint density at radius 1 is 0.307 bits per heavy atom. The minimum absolute atomic E-state index is 0.0154. The predicted molar refractivity (Wildman–Crippen MR) is 389 cm³/mol. The zero-order valence-corrected chi connectivity index (χ0v) is 60.0. The monoisotopic (exact) mass is 1240 g/mol. The number of ether oxygens (including phenoxy) is 1. The molecule has 0 rings (SSSR count). The van der Waals surface area contributed by atoms with E-state index in [1.165, 1.54) is 392 Å². The molecule has 2 atom stereocenters. The smallest absolute Gasteiger partial charge is 0.305 e. The van der Waals surface area contributed by atoms with E-state index in [0.717, 1.165) is 44.9 Å². The van der Waals surface area contributed by atoms with Crippen LogP contribution in [0.5, 0.6) is 0 Å². The van der Waals surface area contributed by atoms with Gasteiger partial charge in [-0.2, -0.15) is 0 Å². The lowest BCUT2D eigenvalue weighted by Crippen LogP contribution is -2.45. The van der Waals surface area contributed by atoms with Crippen molar-refractivity contribution in [2.75, 3.05) is 13.2 Å². The maximum atomic E-state index is 12.5. The van der Waals surface area contributed by atoms with E-state index in [-0.39, 0.29) is 18.5 Å². The third-order valence-electron chi connectivity index (χ3n) is 19.2. The first-order valence-electron chi connectivity index (χ1n) is 40.6. The number of aliphatic hydroxyl groups excluding tert-OH is 2. The summed E-state index contributed by atoms with van der Waals surface area (Å²) in [5.41, 5.74) is 0. The summed E-state index contributed by atoms with van der Waals surface area (Å²) >= 11 is 0. The molecule has 1 amide bonds. The number of nitrogens with one attached hydrogen (secondary N) is 1. The van der Waals surface area contributed by atoms with E-state index >= 15 is 0 Å². The summed E-state index contributed by atoms with van der Waals surface area (Å²) < 4.78 is 5.49. The van der Waals surface area contributed by atoms with Gasteiger partial charge in [0.15, 0.2) is 0 Å². The molecule has 0 heterocycles. The van der Waals surface area contributed by atoms with Crippen LogP contribution in [-0.2, 0) is 14.3 Å². The summed E-state index contributed by atoms with van der Waals surface area (Å²) in [6.45, 7) is 4.94. The van der Waals surface area contributed by atoms with Gasteiger partial charge in [0.1, 0.15) is 0 Å². The molecule has 0 saturated heterocycles. The second-order valence-corrected chi connectivity index (χ2v) is 28.1. The highest BCUT2D eigenvalue weighted by atomic mass is 16.5. The predicted octanol–water partition coefficient (Wildman–Crippen LogP) is 26.8. The number of carbonyl (C=O) groups is 2. The largest absolute Gasteiger partial charge is 0.466 e. The number of hydrogen-bond donors (Lipinski definition) is 3. The summed E-state index contributed by atoms with van der Waals surface area (Å²) in [6, 6.07) is -0.623. The third kappa shape index (κ3) is 73.4. The molecule has 2 unspecified atom stereocenters. The lowest BCUT2D eigenvalue weighted by molar-refractivity contribution is -0.143.